The molecule has 3 fully saturated rings. The third-order valence-corrected chi connectivity index (χ3v) is 9.21. The molecule has 0 aliphatic carbocycles. The van der Waals surface area contributed by atoms with Gasteiger partial charge in [-0.25, -0.2) is 23.8 Å². The number of nitrogens with zero attached hydrogens (tertiary/aromatic N) is 6. The lowest BCUT2D eigenvalue weighted by atomic mass is 10.0. The summed E-state index contributed by atoms with van der Waals surface area (Å²) in [6.45, 7) is 10.4. The van der Waals surface area contributed by atoms with E-state index < -0.39 is 17.7 Å². The highest BCUT2D eigenvalue weighted by Crippen LogP contribution is 2.41. The summed E-state index contributed by atoms with van der Waals surface area (Å²) in [7, 11) is 1.57. The number of piperidine rings is 1. The molecule has 48 heavy (non-hydrogen) atoms. The zero-order chi connectivity index (χ0) is 33.8. The summed E-state index contributed by atoms with van der Waals surface area (Å²) in [5.41, 5.74) is 2.12. The lowest BCUT2D eigenvalue weighted by molar-refractivity contribution is -0.131. The van der Waals surface area contributed by atoms with Crippen LogP contribution in [0, 0.1) is 11.6 Å². The summed E-state index contributed by atoms with van der Waals surface area (Å²) in [5, 5.41) is 7.67. The first-order valence-corrected chi connectivity index (χ1v) is 16.1. The van der Waals surface area contributed by atoms with Crippen molar-refractivity contribution in [2.45, 2.75) is 38.3 Å². The predicted octanol–water partition coefficient (Wildman–Crippen LogP) is 4.65. The Morgan fingerprint density at radius 3 is 2.48 bits per heavy atom. The molecule has 3 saturated heterocycles. The highest BCUT2D eigenvalue weighted by atomic mass is 19.1. The van der Waals surface area contributed by atoms with Gasteiger partial charge in [-0.3, -0.25) is 19.3 Å². The first-order chi connectivity index (χ1) is 23.2. The SMILES string of the molecule is C=CC(=O)Nc1cc(Nc2cc(N3OCCC3c3cc(F)ccc3F)ncn2)c(OC)cc1N1CCC(N2CCN(C(C)=O)CC2)CC1. The maximum atomic E-state index is 14.7. The van der Waals surface area contributed by atoms with Crippen molar-refractivity contribution in [3.8, 4) is 5.75 Å². The van der Waals surface area contributed by atoms with Crippen LogP contribution in [-0.2, 0) is 14.4 Å². The Morgan fingerprint density at radius 1 is 1.00 bits per heavy atom. The van der Waals surface area contributed by atoms with Crippen molar-refractivity contribution in [3.05, 3.63) is 72.6 Å². The molecule has 3 aromatic rings. The Labute approximate surface area is 278 Å². The summed E-state index contributed by atoms with van der Waals surface area (Å²) in [4.78, 5) is 45.4. The van der Waals surface area contributed by atoms with Crippen LogP contribution in [0.3, 0.4) is 0 Å². The largest absolute Gasteiger partial charge is 0.494 e. The fraction of sp³-hybridized carbons (Fsp3) is 0.412. The monoisotopic (exact) mass is 662 g/mol. The molecule has 0 saturated carbocycles. The number of hydrogen-bond acceptors (Lipinski definition) is 10. The van der Waals surface area contributed by atoms with Crippen LogP contribution >= 0.6 is 0 Å². The van der Waals surface area contributed by atoms with Gasteiger partial charge in [-0.05, 0) is 43.2 Å². The maximum absolute atomic E-state index is 14.7. The molecule has 1 aromatic heterocycles. The Bertz CT molecular complexity index is 1660. The van der Waals surface area contributed by atoms with Gasteiger partial charge in [0.1, 0.15) is 29.5 Å². The molecule has 3 aliphatic heterocycles. The minimum atomic E-state index is -0.577. The second kappa shape index (κ2) is 14.5. The van der Waals surface area contributed by atoms with Gasteiger partial charge in [-0.1, -0.05) is 6.58 Å². The van der Waals surface area contributed by atoms with Crippen molar-refractivity contribution >= 4 is 40.5 Å². The quantitative estimate of drug-likeness (QED) is 0.314. The van der Waals surface area contributed by atoms with Crippen molar-refractivity contribution in [2.75, 3.05) is 73.6 Å². The Morgan fingerprint density at radius 2 is 1.77 bits per heavy atom. The van der Waals surface area contributed by atoms with Gasteiger partial charge in [0.25, 0.3) is 0 Å². The number of nitrogens with one attached hydrogen (secondary N) is 2. The second-order valence-electron chi connectivity index (χ2n) is 12.0. The van der Waals surface area contributed by atoms with Gasteiger partial charge >= 0.3 is 0 Å². The molecule has 2 aromatic carbocycles. The van der Waals surface area contributed by atoms with E-state index in [1.54, 1.807) is 26.2 Å². The number of hydrogen-bond donors (Lipinski definition) is 2. The lowest BCUT2D eigenvalue weighted by Gasteiger charge is -2.43. The van der Waals surface area contributed by atoms with E-state index >= 15 is 0 Å². The van der Waals surface area contributed by atoms with Crippen molar-refractivity contribution in [2.24, 2.45) is 0 Å². The summed E-state index contributed by atoms with van der Waals surface area (Å²) >= 11 is 0. The molecule has 1 unspecified atom stereocenters. The van der Waals surface area contributed by atoms with Gasteiger partial charge < -0.3 is 25.2 Å². The highest BCUT2D eigenvalue weighted by molar-refractivity contribution is 6.02. The van der Waals surface area contributed by atoms with Gasteiger partial charge in [0.05, 0.1) is 36.8 Å². The van der Waals surface area contributed by atoms with Crippen LogP contribution in [0.2, 0.25) is 0 Å². The number of methoxy groups -OCH3 is 1. The molecule has 1 atom stereocenters. The predicted molar refractivity (Wildman–Crippen MR) is 178 cm³/mol. The Kier molecular flexibility index (Phi) is 10.0. The molecule has 4 heterocycles. The zero-order valence-electron chi connectivity index (χ0n) is 27.1. The topological polar surface area (TPSA) is 115 Å². The third kappa shape index (κ3) is 7.19. The molecule has 254 valence electrons. The van der Waals surface area contributed by atoms with Crippen LogP contribution in [0.1, 0.15) is 37.8 Å². The number of anilines is 5. The number of benzene rings is 2. The van der Waals surface area contributed by atoms with Crippen molar-refractivity contribution in [1.82, 2.24) is 19.8 Å². The fourth-order valence-corrected chi connectivity index (χ4v) is 6.68. The molecule has 0 spiro atoms. The number of ether oxygens (including phenoxy) is 1. The van der Waals surface area contributed by atoms with E-state index in [4.69, 9.17) is 9.57 Å². The second-order valence-corrected chi connectivity index (χ2v) is 12.0. The van der Waals surface area contributed by atoms with Crippen LogP contribution in [0.4, 0.5) is 37.5 Å². The fourth-order valence-electron chi connectivity index (χ4n) is 6.68. The molecular weight excluding hydrogens is 622 g/mol. The van der Waals surface area contributed by atoms with E-state index in [0.717, 1.165) is 69.9 Å². The van der Waals surface area contributed by atoms with Gasteiger partial charge in [-0.2, -0.15) is 0 Å². The van der Waals surface area contributed by atoms with Gasteiger partial charge in [0.15, 0.2) is 5.82 Å². The number of rotatable bonds is 9. The Balaban J connectivity index is 1.21. The van der Waals surface area contributed by atoms with Crippen LogP contribution < -0.4 is 25.3 Å². The van der Waals surface area contributed by atoms with E-state index in [9.17, 15) is 18.4 Å². The normalized spacial score (nSPS) is 18.9. The van der Waals surface area contributed by atoms with E-state index in [2.05, 4.69) is 37.0 Å². The van der Waals surface area contributed by atoms with Crippen LogP contribution in [-0.4, -0.2) is 90.6 Å². The van der Waals surface area contributed by atoms with Crippen LogP contribution in [0.5, 0.6) is 5.75 Å². The number of carbonyl (C=O) groups excluding carboxylic acids is 2. The average Bonchev–Trinajstić information content (AvgIpc) is 3.60. The van der Waals surface area contributed by atoms with E-state index in [0.29, 0.717) is 47.8 Å². The molecule has 0 radical (unpaired) electrons. The summed E-state index contributed by atoms with van der Waals surface area (Å²) in [6.07, 6.45) is 4.91. The zero-order valence-corrected chi connectivity index (χ0v) is 27.1. The summed E-state index contributed by atoms with van der Waals surface area (Å²) < 4.78 is 34.5. The van der Waals surface area contributed by atoms with Crippen molar-refractivity contribution in [3.63, 3.8) is 0 Å². The van der Waals surface area contributed by atoms with E-state index in [-0.39, 0.29) is 17.4 Å². The maximum Gasteiger partial charge on any atom is 0.247 e. The van der Waals surface area contributed by atoms with Crippen LogP contribution in [0.25, 0.3) is 0 Å². The van der Waals surface area contributed by atoms with E-state index in [1.807, 2.05) is 11.0 Å². The Hall–Kier alpha value is -4.82. The minimum absolute atomic E-state index is 0.123. The number of hydroxylamine groups is 1. The number of amides is 2. The molecule has 12 nitrogen and oxygen atoms in total. The summed E-state index contributed by atoms with van der Waals surface area (Å²) in [6, 6.07) is 8.54. The smallest absolute Gasteiger partial charge is 0.247 e. The minimum Gasteiger partial charge on any atom is -0.494 e. The lowest BCUT2D eigenvalue weighted by Crippen LogP contribution is -2.54. The van der Waals surface area contributed by atoms with Gasteiger partial charge in [0, 0.05) is 76.4 Å². The molecule has 14 heteroatoms. The van der Waals surface area contributed by atoms with Gasteiger partial charge in [0.2, 0.25) is 11.8 Å². The average molecular weight is 663 g/mol. The van der Waals surface area contributed by atoms with E-state index in [1.165, 1.54) is 23.5 Å². The number of piperazine rings is 1. The highest BCUT2D eigenvalue weighted by Gasteiger charge is 2.32. The number of halogens is 2. The molecule has 2 N–H and O–H groups in total. The number of carbonyl (C=O) groups is 2. The van der Waals surface area contributed by atoms with Crippen LogP contribution in [0.15, 0.2) is 55.4 Å². The van der Waals surface area contributed by atoms with Crippen molar-refractivity contribution < 1.29 is 27.9 Å². The third-order valence-electron chi connectivity index (χ3n) is 9.21. The standard InChI is InChI=1S/C34H40F2N8O4/c1-4-34(46)40-27-18-28(31(47-3)19-30(27)43-10-7-24(8-11-43)42-14-12-41(13-15-42)22(2)45)39-32-20-33(38-21-37-32)44-29(9-16-48-44)25-17-23(35)5-6-26(25)36/h4-6,17-21,24,29H,1,7-16H2,2-3H3,(H,40,46)(H,37,38,39). The molecule has 3 aliphatic rings. The molecule has 0 bridgehead atoms. The first kappa shape index (κ1) is 33.1. The molecule has 6 rings (SSSR count). The molecule has 2 amide bonds. The number of aromatic nitrogens is 2. The van der Waals surface area contributed by atoms with Crippen molar-refractivity contribution in [1.29, 1.82) is 0 Å². The summed E-state index contributed by atoms with van der Waals surface area (Å²) in [5.74, 6) is -0.00562. The van der Waals surface area contributed by atoms with Gasteiger partial charge in [-0.15, -0.1) is 0 Å². The first-order valence-electron chi connectivity index (χ1n) is 16.1. The molecular formula is C34H40F2N8O4.